The van der Waals surface area contributed by atoms with Crippen LogP contribution in [-0.2, 0) is 0 Å². The number of carbonyl (C=O) groups excluding carboxylic acids is 1. The van der Waals surface area contributed by atoms with Gasteiger partial charge in [-0.25, -0.2) is 0 Å². The molecule has 4 rings (SSSR count). The molecule has 3 aromatic rings. The zero-order valence-corrected chi connectivity index (χ0v) is 15.2. The highest BCUT2D eigenvalue weighted by Crippen LogP contribution is 2.44. The first-order valence-corrected chi connectivity index (χ1v) is 8.65. The third kappa shape index (κ3) is 2.45. The smallest absolute Gasteiger partial charge is 0.211 e. The summed E-state index contributed by atoms with van der Waals surface area (Å²) in [6.07, 6.45) is 1.25. The van der Waals surface area contributed by atoms with Crippen LogP contribution in [0.2, 0.25) is 0 Å². The highest BCUT2D eigenvalue weighted by Gasteiger charge is 2.42. The summed E-state index contributed by atoms with van der Waals surface area (Å²) >= 11 is 0. The van der Waals surface area contributed by atoms with E-state index in [1.165, 1.54) is 43.3 Å². The third-order valence-electron chi connectivity index (χ3n) is 4.97. The molecule has 0 radical (unpaired) electrons. The fraction of sp³-hybridized carbons (Fsp3) is 0.136. The molecule has 4 N–H and O–H groups in total. The lowest BCUT2D eigenvalue weighted by molar-refractivity contribution is 0.0659. The molecule has 1 unspecified atom stereocenters. The van der Waals surface area contributed by atoms with Crippen LogP contribution in [0.1, 0.15) is 28.4 Å². The van der Waals surface area contributed by atoms with Crippen LogP contribution < -0.4 is 4.74 Å². The van der Waals surface area contributed by atoms with Gasteiger partial charge in [0.15, 0.2) is 5.60 Å². The van der Waals surface area contributed by atoms with Crippen LogP contribution in [0.15, 0.2) is 48.5 Å². The Kier molecular flexibility index (Phi) is 3.75. The van der Waals surface area contributed by atoms with E-state index in [0.29, 0.717) is 16.7 Å². The minimum absolute atomic E-state index is 0.0681. The monoisotopic (exact) mass is 378 g/mol. The molecule has 3 aromatic carbocycles. The molecule has 0 fully saturated rings. The van der Waals surface area contributed by atoms with Gasteiger partial charge in [-0.05, 0) is 37.6 Å². The molecule has 6 nitrogen and oxygen atoms in total. The summed E-state index contributed by atoms with van der Waals surface area (Å²) < 4.78 is 6.09. The van der Waals surface area contributed by atoms with E-state index in [2.05, 4.69) is 0 Å². The van der Waals surface area contributed by atoms with Gasteiger partial charge in [0, 0.05) is 17.0 Å². The molecule has 0 amide bonds. The lowest BCUT2D eigenvalue weighted by atomic mass is 9.84. The number of phenols is 3. The molecule has 0 saturated heterocycles. The molecular formula is C22H18O6. The van der Waals surface area contributed by atoms with Crippen LogP contribution in [0.3, 0.4) is 0 Å². The van der Waals surface area contributed by atoms with Crippen molar-refractivity contribution in [1.29, 1.82) is 0 Å². The average molecular weight is 378 g/mol. The van der Waals surface area contributed by atoms with Crippen LogP contribution in [0.4, 0.5) is 0 Å². The van der Waals surface area contributed by atoms with Gasteiger partial charge in [0.1, 0.15) is 28.8 Å². The molecule has 0 heterocycles. The van der Waals surface area contributed by atoms with Gasteiger partial charge in [-0.2, -0.15) is 0 Å². The van der Waals surface area contributed by atoms with E-state index in [4.69, 9.17) is 4.74 Å². The highest BCUT2D eigenvalue weighted by atomic mass is 16.5. The fourth-order valence-corrected chi connectivity index (χ4v) is 3.64. The van der Waals surface area contributed by atoms with Crippen molar-refractivity contribution in [1.82, 2.24) is 0 Å². The Balaban J connectivity index is 1.90. The minimum Gasteiger partial charge on any atom is -0.507 e. The summed E-state index contributed by atoms with van der Waals surface area (Å²) in [6.45, 7) is 3.22. The number of benzene rings is 3. The molecule has 142 valence electrons. The van der Waals surface area contributed by atoms with Gasteiger partial charge in [-0.1, -0.05) is 24.3 Å². The minimum atomic E-state index is -1.55. The molecule has 28 heavy (non-hydrogen) atoms. The Hall–Kier alpha value is -3.67. The lowest BCUT2D eigenvalue weighted by Crippen LogP contribution is -2.42. The molecule has 1 atom stereocenters. The van der Waals surface area contributed by atoms with Crippen LogP contribution in [0.25, 0.3) is 16.5 Å². The van der Waals surface area contributed by atoms with Crippen molar-refractivity contribution in [2.24, 2.45) is 0 Å². The van der Waals surface area contributed by atoms with E-state index >= 15 is 0 Å². The third-order valence-corrected chi connectivity index (χ3v) is 4.97. The van der Waals surface area contributed by atoms with E-state index in [1.54, 1.807) is 19.1 Å². The summed E-state index contributed by atoms with van der Waals surface area (Å²) in [5, 5.41) is 41.4. The van der Waals surface area contributed by atoms with Gasteiger partial charge in [0.05, 0.1) is 10.9 Å². The zero-order chi connectivity index (χ0) is 20.2. The number of aromatic hydroxyl groups is 3. The van der Waals surface area contributed by atoms with Crippen LogP contribution in [0.5, 0.6) is 23.0 Å². The topological polar surface area (TPSA) is 107 Å². The van der Waals surface area contributed by atoms with Gasteiger partial charge in [-0.15, -0.1) is 0 Å². The van der Waals surface area contributed by atoms with Gasteiger partial charge in [-0.3, -0.25) is 4.79 Å². The van der Waals surface area contributed by atoms with Crippen molar-refractivity contribution in [3.05, 3.63) is 65.2 Å². The highest BCUT2D eigenvalue weighted by molar-refractivity contribution is 6.11. The number of hydrogen-bond acceptors (Lipinski definition) is 6. The molecule has 6 heteroatoms. The number of aliphatic hydroxyl groups is 1. The molecule has 0 aliphatic heterocycles. The number of ether oxygens (including phenoxy) is 1. The van der Waals surface area contributed by atoms with E-state index in [-0.39, 0.29) is 39.5 Å². The maximum atomic E-state index is 13.1. The summed E-state index contributed by atoms with van der Waals surface area (Å²) in [5.74, 6) is -0.818. The maximum absolute atomic E-state index is 13.1. The maximum Gasteiger partial charge on any atom is 0.211 e. The quantitative estimate of drug-likeness (QED) is 0.532. The lowest BCUT2D eigenvalue weighted by Gasteiger charge is -2.32. The number of phenolic OH excluding ortho intramolecular Hbond substituents is 3. The Morgan fingerprint density at radius 3 is 2.36 bits per heavy atom. The number of ketones is 1. The molecular weight excluding hydrogens is 360 g/mol. The van der Waals surface area contributed by atoms with Gasteiger partial charge >= 0.3 is 0 Å². The molecule has 0 saturated carbocycles. The number of fused-ring (bicyclic) bond motifs is 2. The van der Waals surface area contributed by atoms with Crippen molar-refractivity contribution in [3.8, 4) is 23.0 Å². The van der Waals surface area contributed by atoms with Gasteiger partial charge in [0.25, 0.3) is 0 Å². The summed E-state index contributed by atoms with van der Waals surface area (Å²) in [7, 11) is 0. The van der Waals surface area contributed by atoms with E-state index in [0.717, 1.165) is 0 Å². The van der Waals surface area contributed by atoms with Gasteiger partial charge < -0.3 is 25.2 Å². The number of aliphatic hydroxyl groups excluding tert-OH is 1. The van der Waals surface area contributed by atoms with Crippen LogP contribution >= 0.6 is 0 Å². The largest absolute Gasteiger partial charge is 0.507 e. The molecule has 0 bridgehead atoms. The average Bonchev–Trinajstić information content (AvgIpc) is 2.63. The van der Waals surface area contributed by atoms with Gasteiger partial charge in [0.2, 0.25) is 5.78 Å². The van der Waals surface area contributed by atoms with Crippen molar-refractivity contribution in [2.45, 2.75) is 19.4 Å². The Morgan fingerprint density at radius 2 is 1.61 bits per heavy atom. The van der Waals surface area contributed by atoms with Crippen LogP contribution in [-0.4, -0.2) is 31.8 Å². The number of hydrogen-bond donors (Lipinski definition) is 4. The molecule has 1 aliphatic rings. The van der Waals surface area contributed by atoms with Crippen LogP contribution in [0, 0.1) is 6.92 Å². The number of Topliss-reactive ketones (excluding diaryl/α,β-unsaturated/α-hetero) is 1. The fourth-order valence-electron chi connectivity index (χ4n) is 3.64. The normalized spacial score (nSPS) is 18.6. The first-order valence-electron chi connectivity index (χ1n) is 8.65. The van der Waals surface area contributed by atoms with Crippen molar-refractivity contribution in [2.75, 3.05) is 0 Å². The summed E-state index contributed by atoms with van der Waals surface area (Å²) in [4.78, 5) is 13.1. The first-order chi connectivity index (χ1) is 13.2. The van der Waals surface area contributed by atoms with Crippen molar-refractivity contribution >= 4 is 22.3 Å². The molecule has 1 aliphatic carbocycles. The van der Waals surface area contributed by atoms with Crippen molar-refractivity contribution in [3.63, 3.8) is 0 Å². The Morgan fingerprint density at radius 1 is 0.929 bits per heavy atom. The number of carbonyl (C=O) groups is 1. The molecule has 0 aromatic heterocycles. The molecule has 0 spiro atoms. The van der Waals surface area contributed by atoms with E-state index in [9.17, 15) is 25.2 Å². The second kappa shape index (κ2) is 5.92. The number of aryl methyl sites for hydroxylation is 1. The van der Waals surface area contributed by atoms with Crippen molar-refractivity contribution < 1.29 is 30.0 Å². The standard InChI is InChI=1S/C22H18O6/c1-11-9-16(25)18-12(5-3-7-14(18)23)20(11)28-22(2)10-17(26)19-13(21(22)27)6-4-8-15(19)24/h3-10,23-26H,1-2H3. The predicted molar refractivity (Wildman–Crippen MR) is 104 cm³/mol. The second-order valence-electron chi connectivity index (χ2n) is 7.01. The number of rotatable bonds is 2. The second-order valence-corrected chi connectivity index (χ2v) is 7.01. The summed E-state index contributed by atoms with van der Waals surface area (Å²) in [5.41, 5.74) is -0.783. The SMILES string of the molecule is Cc1cc(O)c2c(O)cccc2c1OC1(C)C=C(O)c2c(O)cccc2C1=O. The Labute approximate surface area is 160 Å². The zero-order valence-electron chi connectivity index (χ0n) is 15.2. The first kappa shape index (κ1) is 17.7. The van der Waals surface area contributed by atoms with E-state index in [1.807, 2.05) is 0 Å². The Bertz CT molecular complexity index is 1180. The summed E-state index contributed by atoms with van der Waals surface area (Å²) in [6, 6.07) is 10.6. The predicted octanol–water partition coefficient (Wildman–Crippen LogP) is 4.20. The van der Waals surface area contributed by atoms with E-state index < -0.39 is 11.4 Å².